The van der Waals surface area contributed by atoms with Crippen LogP contribution in [0.1, 0.15) is 5.69 Å². The van der Waals surface area contributed by atoms with Crippen LogP contribution in [-0.4, -0.2) is 20.1 Å². The zero-order valence-electron chi connectivity index (χ0n) is 8.55. The second-order valence-electron chi connectivity index (χ2n) is 3.19. The molecule has 2 N–H and O–H groups in total. The number of rotatable bonds is 4. The van der Waals surface area contributed by atoms with Crippen molar-refractivity contribution in [1.29, 1.82) is 0 Å². The van der Waals surface area contributed by atoms with Gasteiger partial charge < -0.3 is 5.32 Å². The van der Waals surface area contributed by atoms with Crippen molar-refractivity contribution in [2.24, 2.45) is 0 Å². The predicted octanol–water partition coefficient (Wildman–Crippen LogP) is 1.98. The molecule has 0 radical (unpaired) electrons. The maximum absolute atomic E-state index is 10.8. The fraction of sp³-hybridized carbons (Fsp3) is 0.111. The summed E-state index contributed by atoms with van der Waals surface area (Å²) in [4.78, 5) is 14.1. The minimum absolute atomic E-state index is 0.117. The number of aromatic amines is 1. The first-order chi connectivity index (χ1) is 8.16. The molecule has 2 aromatic rings. The first kappa shape index (κ1) is 11.3. The third-order valence-corrected chi connectivity index (χ3v) is 2.25. The summed E-state index contributed by atoms with van der Waals surface area (Å²) in [6, 6.07) is 4.44. The number of nitro groups is 1. The molecule has 8 heteroatoms. The van der Waals surface area contributed by atoms with Crippen molar-refractivity contribution >= 4 is 23.1 Å². The minimum Gasteiger partial charge on any atom is -0.359 e. The van der Waals surface area contributed by atoms with Gasteiger partial charge in [-0.25, -0.2) is 4.98 Å². The van der Waals surface area contributed by atoms with Gasteiger partial charge in [0.2, 0.25) is 5.82 Å². The van der Waals surface area contributed by atoms with Crippen molar-refractivity contribution in [3.8, 4) is 0 Å². The molecular formula is C9H8ClN5O2. The summed E-state index contributed by atoms with van der Waals surface area (Å²) in [5, 5.41) is 20.3. The average molecular weight is 254 g/mol. The third kappa shape index (κ3) is 2.70. The molecule has 0 unspecified atom stereocenters. The van der Waals surface area contributed by atoms with E-state index in [-0.39, 0.29) is 16.7 Å². The van der Waals surface area contributed by atoms with Crippen LogP contribution in [0.25, 0.3) is 0 Å². The molecule has 2 heterocycles. The Labute approximate surface area is 101 Å². The Morgan fingerprint density at radius 3 is 2.94 bits per heavy atom. The number of aromatic nitrogens is 3. The van der Waals surface area contributed by atoms with E-state index in [4.69, 9.17) is 11.6 Å². The van der Waals surface area contributed by atoms with Crippen LogP contribution in [0.3, 0.4) is 0 Å². The van der Waals surface area contributed by atoms with Crippen molar-refractivity contribution in [2.45, 2.75) is 6.54 Å². The first-order valence-corrected chi connectivity index (χ1v) is 5.07. The zero-order valence-corrected chi connectivity index (χ0v) is 9.31. The summed E-state index contributed by atoms with van der Waals surface area (Å²) >= 11 is 5.69. The quantitative estimate of drug-likeness (QED) is 0.493. The highest BCUT2D eigenvalue weighted by Crippen LogP contribution is 2.24. The summed E-state index contributed by atoms with van der Waals surface area (Å²) in [5.74, 6) is 0.136. The predicted molar refractivity (Wildman–Crippen MR) is 61.8 cm³/mol. The number of halogens is 1. The molecule has 0 aliphatic rings. The fourth-order valence-corrected chi connectivity index (χ4v) is 1.41. The Morgan fingerprint density at radius 2 is 2.29 bits per heavy atom. The van der Waals surface area contributed by atoms with E-state index >= 15 is 0 Å². The topological polar surface area (TPSA) is 96.7 Å². The lowest BCUT2D eigenvalue weighted by atomic mass is 10.3. The molecule has 0 aliphatic heterocycles. The minimum atomic E-state index is -0.515. The summed E-state index contributed by atoms with van der Waals surface area (Å²) in [7, 11) is 0. The van der Waals surface area contributed by atoms with Crippen molar-refractivity contribution in [1.82, 2.24) is 15.2 Å². The average Bonchev–Trinajstić information content (AvgIpc) is 2.78. The van der Waals surface area contributed by atoms with Gasteiger partial charge in [0.25, 0.3) is 0 Å². The van der Waals surface area contributed by atoms with Crippen LogP contribution in [0.2, 0.25) is 5.15 Å². The number of H-pyrrole nitrogens is 1. The van der Waals surface area contributed by atoms with Gasteiger partial charge in [0, 0.05) is 12.3 Å². The van der Waals surface area contributed by atoms with Crippen molar-refractivity contribution in [3.05, 3.63) is 45.4 Å². The monoisotopic (exact) mass is 253 g/mol. The molecule has 2 rings (SSSR count). The number of nitrogens with zero attached hydrogens (tertiary/aromatic N) is 3. The summed E-state index contributed by atoms with van der Waals surface area (Å²) in [5.41, 5.74) is 0.676. The molecule has 88 valence electrons. The van der Waals surface area contributed by atoms with Crippen molar-refractivity contribution < 1.29 is 4.92 Å². The number of anilines is 1. The zero-order chi connectivity index (χ0) is 12.3. The van der Waals surface area contributed by atoms with Gasteiger partial charge in [-0.1, -0.05) is 11.6 Å². The van der Waals surface area contributed by atoms with E-state index in [1.807, 2.05) is 0 Å². The SMILES string of the molecule is O=[N+]([O-])c1ccc(Cl)nc1NCc1ccn[nH]1. The molecule has 0 spiro atoms. The maximum Gasteiger partial charge on any atom is 0.311 e. The van der Waals surface area contributed by atoms with Gasteiger partial charge in [-0.15, -0.1) is 0 Å². The van der Waals surface area contributed by atoms with Crippen molar-refractivity contribution in [3.63, 3.8) is 0 Å². The fourth-order valence-electron chi connectivity index (χ4n) is 1.27. The lowest BCUT2D eigenvalue weighted by Gasteiger charge is -2.04. The standard InChI is InChI=1S/C9H8ClN5O2/c10-8-2-1-7(15(16)17)9(13-8)11-5-6-3-4-12-14-6/h1-4H,5H2,(H,11,13)(H,12,14). The van der Waals surface area contributed by atoms with Gasteiger partial charge in [0.1, 0.15) is 5.15 Å². The summed E-state index contributed by atoms with van der Waals surface area (Å²) < 4.78 is 0. The van der Waals surface area contributed by atoms with Crippen LogP contribution in [0.4, 0.5) is 11.5 Å². The molecule has 0 aromatic carbocycles. The first-order valence-electron chi connectivity index (χ1n) is 4.70. The van der Waals surface area contributed by atoms with Gasteiger partial charge in [0.15, 0.2) is 0 Å². The second-order valence-corrected chi connectivity index (χ2v) is 3.58. The molecule has 0 aliphatic carbocycles. The van der Waals surface area contributed by atoms with Gasteiger partial charge in [0.05, 0.1) is 17.2 Å². The van der Waals surface area contributed by atoms with E-state index in [9.17, 15) is 10.1 Å². The highest BCUT2D eigenvalue weighted by molar-refractivity contribution is 6.29. The van der Waals surface area contributed by atoms with E-state index in [1.54, 1.807) is 12.3 Å². The summed E-state index contributed by atoms with van der Waals surface area (Å²) in [6.07, 6.45) is 1.59. The largest absolute Gasteiger partial charge is 0.359 e. The van der Waals surface area contributed by atoms with E-state index in [0.29, 0.717) is 6.54 Å². The van der Waals surface area contributed by atoms with Crippen LogP contribution >= 0.6 is 11.6 Å². The smallest absolute Gasteiger partial charge is 0.311 e. The summed E-state index contributed by atoms with van der Waals surface area (Å²) in [6.45, 7) is 0.355. The molecule has 0 saturated carbocycles. The van der Waals surface area contributed by atoms with Crippen LogP contribution in [0.15, 0.2) is 24.4 Å². The highest BCUT2D eigenvalue weighted by atomic mass is 35.5. The molecule has 0 atom stereocenters. The Hall–Kier alpha value is -2.15. The molecule has 7 nitrogen and oxygen atoms in total. The van der Waals surface area contributed by atoms with E-state index in [1.165, 1.54) is 12.1 Å². The van der Waals surface area contributed by atoms with Crippen LogP contribution < -0.4 is 5.32 Å². The third-order valence-electron chi connectivity index (χ3n) is 2.04. The Balaban J connectivity index is 2.19. The number of nitrogens with one attached hydrogen (secondary N) is 2. The molecule has 0 saturated heterocycles. The van der Waals surface area contributed by atoms with E-state index in [0.717, 1.165) is 5.69 Å². The molecule has 2 aromatic heterocycles. The molecule has 17 heavy (non-hydrogen) atoms. The second kappa shape index (κ2) is 4.79. The Bertz CT molecular complexity index is 528. The molecule has 0 fully saturated rings. The van der Waals surface area contributed by atoms with E-state index in [2.05, 4.69) is 20.5 Å². The van der Waals surface area contributed by atoms with Gasteiger partial charge in [-0.2, -0.15) is 5.10 Å². The van der Waals surface area contributed by atoms with Gasteiger partial charge in [-0.3, -0.25) is 15.2 Å². The van der Waals surface area contributed by atoms with E-state index < -0.39 is 4.92 Å². The highest BCUT2D eigenvalue weighted by Gasteiger charge is 2.15. The van der Waals surface area contributed by atoms with Crippen LogP contribution in [0.5, 0.6) is 0 Å². The van der Waals surface area contributed by atoms with Gasteiger partial charge in [-0.05, 0) is 12.1 Å². The van der Waals surface area contributed by atoms with Gasteiger partial charge >= 0.3 is 5.69 Å². The number of pyridine rings is 1. The molecular weight excluding hydrogens is 246 g/mol. The lowest BCUT2D eigenvalue weighted by molar-refractivity contribution is -0.384. The lowest BCUT2D eigenvalue weighted by Crippen LogP contribution is -2.05. The van der Waals surface area contributed by atoms with Crippen LogP contribution in [0, 0.1) is 10.1 Å². The number of hydrogen-bond donors (Lipinski definition) is 2. The van der Waals surface area contributed by atoms with Crippen LogP contribution in [-0.2, 0) is 6.54 Å². The number of hydrogen-bond acceptors (Lipinski definition) is 5. The molecule has 0 bridgehead atoms. The normalized spacial score (nSPS) is 10.2. The molecule has 0 amide bonds. The maximum atomic E-state index is 10.8. The Kier molecular flexibility index (Phi) is 3.20. The Morgan fingerprint density at radius 1 is 1.47 bits per heavy atom. The van der Waals surface area contributed by atoms with Crippen molar-refractivity contribution in [2.75, 3.05) is 5.32 Å².